The molecule has 1 aromatic carbocycles. The van der Waals surface area contributed by atoms with Gasteiger partial charge in [0.1, 0.15) is 5.75 Å². The van der Waals surface area contributed by atoms with Gasteiger partial charge in [-0.05, 0) is 44.5 Å². The molecule has 0 spiro atoms. The molecule has 0 unspecified atom stereocenters. The molecule has 3 nitrogen and oxygen atoms in total. The maximum atomic E-state index is 5.46. The Kier molecular flexibility index (Phi) is 3.41. The second-order valence-electron chi connectivity index (χ2n) is 5.30. The van der Waals surface area contributed by atoms with Crippen molar-refractivity contribution in [3.63, 3.8) is 0 Å². The minimum Gasteiger partial charge on any atom is -0.495 e. The predicted molar refractivity (Wildman–Crippen MR) is 74.4 cm³/mol. The van der Waals surface area contributed by atoms with Gasteiger partial charge in [0.25, 0.3) is 0 Å². The summed E-state index contributed by atoms with van der Waals surface area (Å²) in [6.45, 7) is 4.90. The van der Waals surface area contributed by atoms with Gasteiger partial charge in [0.2, 0.25) is 0 Å². The van der Waals surface area contributed by atoms with Crippen LogP contribution in [0.1, 0.15) is 19.3 Å². The summed E-state index contributed by atoms with van der Waals surface area (Å²) in [5, 5.41) is 0. The Morgan fingerprint density at radius 2 is 1.89 bits per heavy atom. The molecule has 98 valence electrons. The number of hydrogen-bond donors (Lipinski definition) is 0. The number of hydrogen-bond acceptors (Lipinski definition) is 3. The van der Waals surface area contributed by atoms with Crippen molar-refractivity contribution in [3.05, 3.63) is 24.3 Å². The number of anilines is 1. The molecule has 3 rings (SSSR count). The highest BCUT2D eigenvalue weighted by atomic mass is 16.5. The molecule has 2 aliphatic heterocycles. The molecular weight excluding hydrogens is 224 g/mol. The summed E-state index contributed by atoms with van der Waals surface area (Å²) < 4.78 is 5.46. The van der Waals surface area contributed by atoms with Crippen LogP contribution in [0, 0.1) is 0 Å². The number of nitrogens with zero attached hydrogens (tertiary/aromatic N) is 2. The van der Waals surface area contributed by atoms with Gasteiger partial charge < -0.3 is 9.64 Å². The molecule has 2 heterocycles. The van der Waals surface area contributed by atoms with Crippen LogP contribution in [0.15, 0.2) is 24.3 Å². The van der Waals surface area contributed by atoms with Crippen molar-refractivity contribution in [1.29, 1.82) is 0 Å². The summed E-state index contributed by atoms with van der Waals surface area (Å²) in [7, 11) is 1.76. The lowest BCUT2D eigenvalue weighted by Gasteiger charge is -2.25. The van der Waals surface area contributed by atoms with Crippen LogP contribution in [-0.4, -0.2) is 44.2 Å². The van der Waals surface area contributed by atoms with Gasteiger partial charge in [-0.1, -0.05) is 12.1 Å². The third kappa shape index (κ3) is 2.19. The van der Waals surface area contributed by atoms with Crippen LogP contribution in [0.3, 0.4) is 0 Å². The zero-order chi connectivity index (χ0) is 12.4. The molecule has 1 aromatic rings. The minimum atomic E-state index is 0.748. The smallest absolute Gasteiger partial charge is 0.142 e. The summed E-state index contributed by atoms with van der Waals surface area (Å²) in [5.74, 6) is 1.000. The van der Waals surface area contributed by atoms with E-state index in [-0.39, 0.29) is 0 Å². The standard InChI is InChI=1S/C15H22N2O/c1-18-15-7-3-2-6-14(15)17-11-8-13(12-17)16-9-4-5-10-16/h2-3,6-7,13H,4-5,8-12H2,1H3/t13-/m1/s1. The second-order valence-corrected chi connectivity index (χ2v) is 5.30. The first kappa shape index (κ1) is 11.8. The van der Waals surface area contributed by atoms with Crippen molar-refractivity contribution in [2.24, 2.45) is 0 Å². The van der Waals surface area contributed by atoms with E-state index in [1.807, 2.05) is 6.07 Å². The average molecular weight is 246 g/mol. The van der Waals surface area contributed by atoms with E-state index in [0.717, 1.165) is 24.9 Å². The Morgan fingerprint density at radius 1 is 1.11 bits per heavy atom. The topological polar surface area (TPSA) is 15.7 Å². The van der Waals surface area contributed by atoms with Gasteiger partial charge in [0, 0.05) is 19.1 Å². The van der Waals surface area contributed by atoms with E-state index in [0.29, 0.717) is 0 Å². The van der Waals surface area contributed by atoms with Gasteiger partial charge in [-0.2, -0.15) is 0 Å². The molecule has 3 heteroatoms. The summed E-state index contributed by atoms with van der Waals surface area (Å²) in [4.78, 5) is 5.14. The third-order valence-electron chi connectivity index (χ3n) is 4.25. The Morgan fingerprint density at radius 3 is 2.67 bits per heavy atom. The molecule has 0 aromatic heterocycles. The highest BCUT2D eigenvalue weighted by Crippen LogP contribution is 2.32. The van der Waals surface area contributed by atoms with Crippen molar-refractivity contribution in [2.45, 2.75) is 25.3 Å². The summed E-state index contributed by atoms with van der Waals surface area (Å²) in [6.07, 6.45) is 4.05. The number of para-hydroxylation sites is 2. The van der Waals surface area contributed by atoms with Gasteiger partial charge in [0.15, 0.2) is 0 Å². The lowest BCUT2D eigenvalue weighted by molar-refractivity contribution is 0.260. The molecule has 2 aliphatic rings. The third-order valence-corrected chi connectivity index (χ3v) is 4.25. The Hall–Kier alpha value is -1.22. The van der Waals surface area contributed by atoms with Crippen molar-refractivity contribution in [1.82, 2.24) is 4.90 Å². The predicted octanol–water partition coefficient (Wildman–Crippen LogP) is 2.37. The van der Waals surface area contributed by atoms with Gasteiger partial charge >= 0.3 is 0 Å². The molecule has 0 N–H and O–H groups in total. The van der Waals surface area contributed by atoms with E-state index in [2.05, 4.69) is 28.0 Å². The molecule has 2 fully saturated rings. The van der Waals surface area contributed by atoms with Gasteiger partial charge in [-0.3, -0.25) is 4.90 Å². The zero-order valence-corrected chi connectivity index (χ0v) is 11.1. The molecule has 0 bridgehead atoms. The van der Waals surface area contributed by atoms with E-state index >= 15 is 0 Å². The average Bonchev–Trinajstić information content (AvgIpc) is 3.09. The lowest BCUT2D eigenvalue weighted by Crippen LogP contribution is -2.35. The monoisotopic (exact) mass is 246 g/mol. The lowest BCUT2D eigenvalue weighted by atomic mass is 10.2. The molecule has 2 saturated heterocycles. The van der Waals surface area contributed by atoms with E-state index in [9.17, 15) is 0 Å². The van der Waals surface area contributed by atoms with Crippen LogP contribution in [0.25, 0.3) is 0 Å². The Balaban J connectivity index is 1.71. The number of rotatable bonds is 3. The van der Waals surface area contributed by atoms with Crippen LogP contribution in [0.4, 0.5) is 5.69 Å². The first-order valence-electron chi connectivity index (χ1n) is 7.00. The summed E-state index contributed by atoms with van der Waals surface area (Å²) in [5.41, 5.74) is 1.25. The van der Waals surface area contributed by atoms with E-state index in [4.69, 9.17) is 4.74 Å². The van der Waals surface area contributed by atoms with Gasteiger partial charge in [-0.15, -0.1) is 0 Å². The quantitative estimate of drug-likeness (QED) is 0.814. The number of likely N-dealkylation sites (tertiary alicyclic amines) is 1. The van der Waals surface area contributed by atoms with Crippen molar-refractivity contribution < 1.29 is 4.74 Å². The molecule has 0 aliphatic carbocycles. The maximum Gasteiger partial charge on any atom is 0.142 e. The largest absolute Gasteiger partial charge is 0.495 e. The van der Waals surface area contributed by atoms with Crippen LogP contribution in [0.5, 0.6) is 5.75 Å². The first-order valence-corrected chi connectivity index (χ1v) is 7.00. The molecule has 0 amide bonds. The first-order chi connectivity index (χ1) is 8.88. The van der Waals surface area contributed by atoms with Crippen molar-refractivity contribution >= 4 is 5.69 Å². The van der Waals surface area contributed by atoms with E-state index in [1.165, 1.54) is 38.0 Å². The Bertz CT molecular complexity index is 401. The van der Waals surface area contributed by atoms with Gasteiger partial charge in [0.05, 0.1) is 12.8 Å². The van der Waals surface area contributed by atoms with Crippen LogP contribution < -0.4 is 9.64 Å². The van der Waals surface area contributed by atoms with Crippen LogP contribution in [0.2, 0.25) is 0 Å². The SMILES string of the molecule is COc1ccccc1N1CC[C@@H](N2CCCC2)C1. The highest BCUT2D eigenvalue weighted by Gasteiger charge is 2.30. The minimum absolute atomic E-state index is 0.748. The van der Waals surface area contributed by atoms with Crippen LogP contribution in [-0.2, 0) is 0 Å². The number of ether oxygens (including phenoxy) is 1. The number of benzene rings is 1. The Labute approximate surface area is 109 Å². The fourth-order valence-corrected chi connectivity index (χ4v) is 3.26. The molecule has 18 heavy (non-hydrogen) atoms. The molecular formula is C15H22N2O. The van der Waals surface area contributed by atoms with Gasteiger partial charge in [-0.25, -0.2) is 0 Å². The zero-order valence-electron chi connectivity index (χ0n) is 11.1. The fourth-order valence-electron chi connectivity index (χ4n) is 3.26. The summed E-state index contributed by atoms with van der Waals surface area (Å²) in [6, 6.07) is 9.11. The molecule has 0 radical (unpaired) electrons. The fraction of sp³-hybridized carbons (Fsp3) is 0.600. The van der Waals surface area contributed by atoms with Crippen molar-refractivity contribution in [3.8, 4) is 5.75 Å². The molecule has 0 saturated carbocycles. The molecule has 1 atom stereocenters. The maximum absolute atomic E-state index is 5.46. The second kappa shape index (κ2) is 5.19. The van der Waals surface area contributed by atoms with E-state index < -0.39 is 0 Å². The normalized spacial score (nSPS) is 24.7. The van der Waals surface area contributed by atoms with Crippen LogP contribution >= 0.6 is 0 Å². The van der Waals surface area contributed by atoms with Crippen molar-refractivity contribution in [2.75, 3.05) is 38.2 Å². The number of methoxy groups -OCH3 is 1. The highest BCUT2D eigenvalue weighted by molar-refractivity contribution is 5.59. The summed E-state index contributed by atoms with van der Waals surface area (Å²) >= 11 is 0. The van der Waals surface area contributed by atoms with E-state index in [1.54, 1.807) is 7.11 Å².